The van der Waals surface area contributed by atoms with Gasteiger partial charge in [-0.1, -0.05) is 19.9 Å². The third-order valence-corrected chi connectivity index (χ3v) is 5.18. The number of carbonyl (C=O) groups excluding carboxylic acids is 1. The summed E-state index contributed by atoms with van der Waals surface area (Å²) in [5.41, 5.74) is 0.458. The van der Waals surface area contributed by atoms with Crippen LogP contribution in [0.4, 0.5) is 0 Å². The molecular formula is C19H21N3O4S. The first kappa shape index (κ1) is 19.0. The standard InChI is InChI=1S/C19H21N3O4S/c1-10(2)9-26-18(24)13-11(3)20-16-15(14(13)12-7-6-8-27-12)17(23)22(5)19(25)21(16)4/h6-8,10H,9H2,1-5H3. The number of fused-ring (bicyclic) bond motifs is 1. The fraction of sp³-hybridized carbons (Fsp3) is 0.368. The van der Waals surface area contributed by atoms with Crippen molar-refractivity contribution < 1.29 is 9.53 Å². The van der Waals surface area contributed by atoms with Gasteiger partial charge in [0.2, 0.25) is 0 Å². The molecule has 3 rings (SSSR count). The van der Waals surface area contributed by atoms with Gasteiger partial charge >= 0.3 is 11.7 Å². The van der Waals surface area contributed by atoms with Crippen LogP contribution in [0, 0.1) is 12.8 Å². The first-order chi connectivity index (χ1) is 12.7. The Hall–Kier alpha value is -2.74. The smallest absolute Gasteiger partial charge is 0.340 e. The highest BCUT2D eigenvalue weighted by Crippen LogP contribution is 2.34. The molecule has 0 atom stereocenters. The number of nitrogens with zero attached hydrogens (tertiary/aromatic N) is 3. The molecule has 0 aromatic carbocycles. The average Bonchev–Trinajstić information content (AvgIpc) is 3.16. The van der Waals surface area contributed by atoms with Crippen LogP contribution in [-0.2, 0) is 18.8 Å². The van der Waals surface area contributed by atoms with E-state index in [9.17, 15) is 14.4 Å². The molecule has 0 spiro atoms. The molecule has 0 radical (unpaired) electrons. The van der Waals surface area contributed by atoms with Gasteiger partial charge in [-0.05, 0) is 24.3 Å². The van der Waals surface area contributed by atoms with E-state index in [-0.39, 0.29) is 29.1 Å². The van der Waals surface area contributed by atoms with Crippen LogP contribution >= 0.6 is 11.3 Å². The van der Waals surface area contributed by atoms with Crippen LogP contribution in [0.25, 0.3) is 21.5 Å². The van der Waals surface area contributed by atoms with E-state index in [0.29, 0.717) is 11.3 Å². The number of pyridine rings is 1. The average molecular weight is 387 g/mol. The van der Waals surface area contributed by atoms with Gasteiger partial charge in [0.25, 0.3) is 5.56 Å². The zero-order valence-electron chi connectivity index (χ0n) is 15.9. The molecule has 0 unspecified atom stereocenters. The molecule has 0 aliphatic heterocycles. The lowest BCUT2D eigenvalue weighted by Gasteiger charge is -2.16. The lowest BCUT2D eigenvalue weighted by molar-refractivity contribution is 0.0458. The molecule has 8 heteroatoms. The molecule has 142 valence electrons. The number of hydrogen-bond acceptors (Lipinski definition) is 6. The molecule has 3 aromatic rings. The summed E-state index contributed by atoms with van der Waals surface area (Å²) in [6.07, 6.45) is 0. The summed E-state index contributed by atoms with van der Waals surface area (Å²) >= 11 is 1.41. The van der Waals surface area contributed by atoms with Gasteiger partial charge in [0, 0.05) is 24.5 Å². The molecule has 0 bridgehead atoms. The van der Waals surface area contributed by atoms with E-state index in [1.165, 1.54) is 23.0 Å². The predicted molar refractivity (Wildman–Crippen MR) is 105 cm³/mol. The largest absolute Gasteiger partial charge is 0.462 e. The summed E-state index contributed by atoms with van der Waals surface area (Å²) in [6.45, 7) is 5.85. The van der Waals surface area contributed by atoms with Crippen LogP contribution in [-0.4, -0.2) is 26.7 Å². The third-order valence-electron chi connectivity index (χ3n) is 4.29. The summed E-state index contributed by atoms with van der Waals surface area (Å²) < 4.78 is 7.78. The van der Waals surface area contributed by atoms with Gasteiger partial charge < -0.3 is 4.74 Å². The lowest BCUT2D eigenvalue weighted by Crippen LogP contribution is -2.38. The van der Waals surface area contributed by atoms with E-state index < -0.39 is 17.2 Å². The zero-order chi connectivity index (χ0) is 19.9. The van der Waals surface area contributed by atoms with E-state index in [0.717, 1.165) is 9.44 Å². The summed E-state index contributed by atoms with van der Waals surface area (Å²) in [5.74, 6) is -0.337. The molecule has 0 N–H and O–H groups in total. The number of aromatic nitrogens is 3. The Kier molecular flexibility index (Phi) is 5.01. The minimum atomic E-state index is -0.519. The monoisotopic (exact) mass is 387 g/mol. The Morgan fingerprint density at radius 3 is 2.56 bits per heavy atom. The highest BCUT2D eigenvalue weighted by atomic mass is 32.1. The summed E-state index contributed by atoms with van der Waals surface area (Å²) in [7, 11) is 2.98. The Morgan fingerprint density at radius 1 is 1.26 bits per heavy atom. The van der Waals surface area contributed by atoms with Crippen molar-refractivity contribution in [1.29, 1.82) is 0 Å². The van der Waals surface area contributed by atoms with Gasteiger partial charge in [-0.3, -0.25) is 13.9 Å². The van der Waals surface area contributed by atoms with Crippen molar-refractivity contribution >= 4 is 28.3 Å². The van der Waals surface area contributed by atoms with Crippen LogP contribution in [0.5, 0.6) is 0 Å². The Morgan fingerprint density at radius 2 is 1.96 bits per heavy atom. The summed E-state index contributed by atoms with van der Waals surface area (Å²) in [4.78, 5) is 43.2. The third kappa shape index (κ3) is 3.21. The van der Waals surface area contributed by atoms with Crippen molar-refractivity contribution in [3.8, 4) is 10.4 Å². The minimum absolute atomic E-state index is 0.182. The number of esters is 1. The Labute approximate surface area is 159 Å². The van der Waals surface area contributed by atoms with Gasteiger partial charge in [-0.2, -0.15) is 0 Å². The molecule has 0 saturated heterocycles. The molecule has 0 fully saturated rings. The van der Waals surface area contributed by atoms with Crippen LogP contribution in [0.2, 0.25) is 0 Å². The second kappa shape index (κ2) is 7.11. The SMILES string of the molecule is Cc1nc2c(c(-c3cccs3)c1C(=O)OCC(C)C)c(=O)n(C)c(=O)n2C. The molecular weight excluding hydrogens is 366 g/mol. The van der Waals surface area contributed by atoms with Crippen LogP contribution in [0.15, 0.2) is 27.1 Å². The highest BCUT2D eigenvalue weighted by Gasteiger charge is 2.26. The lowest BCUT2D eigenvalue weighted by atomic mass is 10.0. The van der Waals surface area contributed by atoms with Crippen LogP contribution < -0.4 is 11.2 Å². The van der Waals surface area contributed by atoms with E-state index in [2.05, 4.69) is 4.98 Å². The van der Waals surface area contributed by atoms with Crippen LogP contribution in [0.3, 0.4) is 0 Å². The second-order valence-electron chi connectivity index (χ2n) is 6.82. The van der Waals surface area contributed by atoms with E-state index in [1.807, 2.05) is 31.4 Å². The number of rotatable bonds is 4. The van der Waals surface area contributed by atoms with Crippen molar-refractivity contribution in [1.82, 2.24) is 14.1 Å². The van der Waals surface area contributed by atoms with Gasteiger partial charge in [0.1, 0.15) is 5.65 Å². The first-order valence-electron chi connectivity index (χ1n) is 8.55. The van der Waals surface area contributed by atoms with Crippen molar-refractivity contribution in [2.75, 3.05) is 6.61 Å². The maximum atomic E-state index is 12.9. The molecule has 0 saturated carbocycles. The van der Waals surface area contributed by atoms with Gasteiger partial charge in [0.05, 0.1) is 23.3 Å². The molecule has 0 amide bonds. The van der Waals surface area contributed by atoms with Gasteiger partial charge in [0.15, 0.2) is 0 Å². The maximum absolute atomic E-state index is 12.9. The molecule has 0 aliphatic carbocycles. The van der Waals surface area contributed by atoms with Crippen molar-refractivity contribution in [2.24, 2.45) is 20.0 Å². The maximum Gasteiger partial charge on any atom is 0.340 e. The fourth-order valence-electron chi connectivity index (χ4n) is 2.94. The van der Waals surface area contributed by atoms with Crippen molar-refractivity contribution in [3.63, 3.8) is 0 Å². The number of hydrogen-bond donors (Lipinski definition) is 0. The van der Waals surface area contributed by atoms with E-state index in [1.54, 1.807) is 14.0 Å². The highest BCUT2D eigenvalue weighted by molar-refractivity contribution is 7.13. The minimum Gasteiger partial charge on any atom is -0.462 e. The number of aryl methyl sites for hydroxylation is 2. The van der Waals surface area contributed by atoms with Gasteiger partial charge in [-0.25, -0.2) is 14.6 Å². The van der Waals surface area contributed by atoms with E-state index >= 15 is 0 Å². The summed E-state index contributed by atoms with van der Waals surface area (Å²) in [6, 6.07) is 3.68. The predicted octanol–water partition coefficient (Wildman–Crippen LogP) is 2.48. The Balaban J connectivity index is 2.45. The number of carbonyl (C=O) groups is 1. The molecule has 7 nitrogen and oxygen atoms in total. The number of ether oxygens (including phenoxy) is 1. The van der Waals surface area contributed by atoms with Crippen LogP contribution in [0.1, 0.15) is 29.9 Å². The molecule has 3 heterocycles. The molecule has 3 aromatic heterocycles. The zero-order valence-corrected chi connectivity index (χ0v) is 16.7. The molecule has 27 heavy (non-hydrogen) atoms. The van der Waals surface area contributed by atoms with Crippen molar-refractivity contribution in [2.45, 2.75) is 20.8 Å². The number of thiophene rings is 1. The topological polar surface area (TPSA) is 83.2 Å². The first-order valence-corrected chi connectivity index (χ1v) is 9.43. The normalized spacial score (nSPS) is 11.3. The second-order valence-corrected chi connectivity index (χ2v) is 7.77. The molecule has 0 aliphatic rings. The fourth-order valence-corrected chi connectivity index (χ4v) is 3.72. The van der Waals surface area contributed by atoms with E-state index in [4.69, 9.17) is 4.74 Å². The quantitative estimate of drug-likeness (QED) is 0.642. The summed E-state index contributed by atoms with van der Waals surface area (Å²) in [5, 5.41) is 2.11. The van der Waals surface area contributed by atoms with Crippen molar-refractivity contribution in [3.05, 3.63) is 49.6 Å². The Bertz CT molecular complexity index is 1140. The van der Waals surface area contributed by atoms with Gasteiger partial charge in [-0.15, -0.1) is 11.3 Å².